The van der Waals surface area contributed by atoms with E-state index in [-0.39, 0.29) is 12.4 Å². The Morgan fingerprint density at radius 1 is 0.406 bits per heavy atom. The molecule has 3 aliphatic heterocycles. The summed E-state index contributed by atoms with van der Waals surface area (Å²) in [6.45, 7) is 33.2. The van der Waals surface area contributed by atoms with Gasteiger partial charge in [-0.15, -0.1) is 11.8 Å². The summed E-state index contributed by atoms with van der Waals surface area (Å²) >= 11 is 1.85. The van der Waals surface area contributed by atoms with Crippen LogP contribution in [0.25, 0.3) is 121 Å². The number of aromatic nitrogens is 9. The van der Waals surface area contributed by atoms with Gasteiger partial charge in [-0.05, 0) is 240 Å². The van der Waals surface area contributed by atoms with Crippen molar-refractivity contribution >= 4 is 139 Å². The maximum atomic E-state index is 5.85. The summed E-state index contributed by atoms with van der Waals surface area (Å²) in [7, 11) is 10.7. The van der Waals surface area contributed by atoms with Gasteiger partial charge in [-0.2, -0.15) is 17.8 Å². The first-order valence-corrected chi connectivity index (χ1v) is 51.2. The van der Waals surface area contributed by atoms with Crippen LogP contribution in [-0.2, 0) is 41.0 Å². The largest absolute Gasteiger partial charge is 0.468 e. The van der Waals surface area contributed by atoms with Crippen molar-refractivity contribution in [3.63, 3.8) is 0 Å². The molecular formula is C128H131N13OS+4. The molecule has 0 N–H and O–H groups in total. The van der Waals surface area contributed by atoms with E-state index in [0.29, 0.717) is 17.2 Å². The Labute approximate surface area is 846 Å². The number of benzene rings is 14. The van der Waals surface area contributed by atoms with E-state index in [1.54, 1.807) is 0 Å². The van der Waals surface area contributed by atoms with Crippen LogP contribution >= 0.6 is 11.8 Å². The number of hydrogen-bond donors (Lipinski definition) is 0. The molecular weight excluding hydrogens is 1770 g/mol. The number of hydrogen-bond acceptors (Lipinski definition) is 7. The third kappa shape index (κ3) is 18.5. The summed E-state index contributed by atoms with van der Waals surface area (Å²) in [4.78, 5) is 13.6. The molecule has 0 bridgehead atoms. The second-order valence-electron chi connectivity index (χ2n) is 39.3. The molecule has 3 atom stereocenters. The molecule has 14 nitrogen and oxygen atoms in total. The molecule has 0 unspecified atom stereocenters. The highest BCUT2D eigenvalue weighted by molar-refractivity contribution is 8.03. The molecule has 14 aromatic carbocycles. The number of rotatable bonds is 10. The lowest BCUT2D eigenvalue weighted by Gasteiger charge is -2.28. The lowest BCUT2D eigenvalue weighted by atomic mass is 9.89. The summed E-state index contributed by atoms with van der Waals surface area (Å²) in [5.41, 5.74) is 34.7. The lowest BCUT2D eigenvalue weighted by molar-refractivity contribution is -0.643. The number of ether oxygens (including phenoxy) is 1. The highest BCUT2D eigenvalue weighted by Crippen LogP contribution is 2.46. The van der Waals surface area contributed by atoms with Crippen LogP contribution in [0.4, 0.5) is 34.3 Å². The molecule has 716 valence electrons. The minimum Gasteiger partial charge on any atom is -0.468 e. The third-order valence-electron chi connectivity index (χ3n) is 28.6. The maximum Gasteiger partial charge on any atom is 0.295 e. The van der Waals surface area contributed by atoms with Gasteiger partial charge in [0, 0.05) is 81.3 Å². The SMILES string of the molecule is Cc1cccc2c3ccccc3[n+]3cc(C)n(C)c3c12.Cc1cccc2c3ccccc3n3c(-c4c(CC(C)C)cccc4CC(C)C)c[n+](C)c3c12.Cc1cccc2c3ccccc3n3cc[n+](C)c3c12.Cc1ccccc1-c1n(-c2ccccc2)c2ccccc2[n+]1C.Cc1ccccc1N1C=CS[C@@H]1C.Cc1ccccc1N1c2ccccc2O[C@@H]1C.Cc1ccccc1N1c2cccnc2N(C)[C@@H]1C. The van der Waals surface area contributed by atoms with Gasteiger partial charge in [0.2, 0.25) is 0 Å². The van der Waals surface area contributed by atoms with Gasteiger partial charge < -0.3 is 24.3 Å². The Bertz CT molecular complexity index is 8500. The van der Waals surface area contributed by atoms with Crippen molar-refractivity contribution in [1.82, 2.24) is 22.9 Å². The van der Waals surface area contributed by atoms with Crippen molar-refractivity contribution in [2.45, 2.75) is 134 Å². The number of para-hydroxylation sites is 11. The predicted octanol–water partition coefficient (Wildman–Crippen LogP) is 29.5. The second kappa shape index (κ2) is 41.3. The summed E-state index contributed by atoms with van der Waals surface area (Å²) in [5.74, 6) is 4.43. The van der Waals surface area contributed by atoms with Gasteiger partial charge in [0.05, 0.1) is 66.7 Å². The van der Waals surface area contributed by atoms with E-state index in [0.717, 1.165) is 30.1 Å². The summed E-state index contributed by atoms with van der Waals surface area (Å²) in [6.07, 6.45) is 15.4. The molecule has 0 fully saturated rings. The van der Waals surface area contributed by atoms with Crippen LogP contribution in [0.2, 0.25) is 0 Å². The van der Waals surface area contributed by atoms with Gasteiger partial charge in [0.25, 0.3) is 22.8 Å². The topological polar surface area (TPSA) is 69.5 Å². The van der Waals surface area contributed by atoms with Crippen molar-refractivity contribution < 1.29 is 22.8 Å². The molecule has 0 spiro atoms. The number of anilines is 6. The van der Waals surface area contributed by atoms with E-state index >= 15 is 0 Å². The molecule has 3 aliphatic rings. The molecule has 143 heavy (non-hydrogen) atoms. The quantitative estimate of drug-likeness (QED) is 0.0998. The zero-order valence-electron chi connectivity index (χ0n) is 86.2. The molecule has 0 aliphatic carbocycles. The van der Waals surface area contributed by atoms with Gasteiger partial charge in [0.1, 0.15) is 64.6 Å². The molecule has 0 amide bonds. The monoisotopic (exact) mass is 1900 g/mol. The fourth-order valence-electron chi connectivity index (χ4n) is 21.6. The fourth-order valence-corrected chi connectivity index (χ4v) is 22.3. The van der Waals surface area contributed by atoms with Crippen molar-refractivity contribution in [1.29, 1.82) is 0 Å². The first kappa shape index (κ1) is 96.3. The summed E-state index contributed by atoms with van der Waals surface area (Å²) in [5, 5.41) is 14.6. The van der Waals surface area contributed by atoms with Crippen LogP contribution in [0, 0.1) is 67.2 Å². The smallest absolute Gasteiger partial charge is 0.295 e. The third-order valence-corrected chi connectivity index (χ3v) is 29.5. The Balaban J connectivity index is 0.000000108. The van der Waals surface area contributed by atoms with Crippen molar-refractivity contribution in [2.24, 2.45) is 40.0 Å². The number of thioether (sulfide) groups is 1. The second-order valence-corrected chi connectivity index (χ2v) is 40.5. The zero-order valence-corrected chi connectivity index (χ0v) is 87.0. The number of imidazole rings is 4. The molecule has 11 heterocycles. The Kier molecular flexibility index (Phi) is 27.8. The van der Waals surface area contributed by atoms with Gasteiger partial charge in [-0.1, -0.05) is 270 Å². The zero-order chi connectivity index (χ0) is 99.7. The number of fused-ring (bicyclic) bond motifs is 21. The molecule has 8 aromatic heterocycles. The van der Waals surface area contributed by atoms with Gasteiger partial charge in [-0.25, -0.2) is 23.3 Å². The highest BCUT2D eigenvalue weighted by Gasteiger charge is 2.36. The van der Waals surface area contributed by atoms with Gasteiger partial charge in [-0.3, -0.25) is 0 Å². The van der Waals surface area contributed by atoms with Gasteiger partial charge in [0.15, 0.2) is 28.8 Å². The number of nitrogens with zero attached hydrogens (tertiary/aromatic N) is 13. The highest BCUT2D eigenvalue weighted by atomic mass is 32.2. The van der Waals surface area contributed by atoms with Crippen molar-refractivity contribution in [3.8, 4) is 34.1 Å². The number of pyridine rings is 4. The van der Waals surface area contributed by atoms with Crippen LogP contribution in [0.1, 0.15) is 104 Å². The lowest BCUT2D eigenvalue weighted by Crippen LogP contribution is -2.36. The van der Waals surface area contributed by atoms with Crippen LogP contribution in [0.15, 0.2) is 376 Å². The van der Waals surface area contributed by atoms with E-state index in [1.807, 2.05) is 42.2 Å². The fraction of sp³-hybridized carbons (Fsp3) is 0.211. The van der Waals surface area contributed by atoms with Crippen LogP contribution in [-0.4, -0.2) is 47.7 Å². The molecule has 25 rings (SSSR count). The minimum absolute atomic E-state index is 0.0495. The van der Waals surface area contributed by atoms with Crippen LogP contribution in [0.3, 0.4) is 0 Å². The molecule has 0 saturated carbocycles. The van der Waals surface area contributed by atoms with E-state index in [2.05, 4.69) is 545 Å². The summed E-state index contributed by atoms with van der Waals surface area (Å²) in [6, 6.07) is 118. The Morgan fingerprint density at radius 2 is 0.881 bits per heavy atom. The first-order chi connectivity index (χ1) is 69.3. The minimum atomic E-state index is 0.0495. The molecule has 22 aromatic rings. The van der Waals surface area contributed by atoms with Crippen LogP contribution < -0.4 is 42.4 Å². The van der Waals surface area contributed by atoms with Gasteiger partial charge >= 0.3 is 0 Å². The van der Waals surface area contributed by atoms with E-state index in [4.69, 9.17) is 4.74 Å². The van der Waals surface area contributed by atoms with Crippen molar-refractivity contribution in [3.05, 3.63) is 432 Å². The van der Waals surface area contributed by atoms with E-state index < -0.39 is 0 Å². The van der Waals surface area contributed by atoms with E-state index in [1.165, 1.54) is 200 Å². The van der Waals surface area contributed by atoms with Crippen LogP contribution in [0.5, 0.6) is 5.75 Å². The standard InChI is InChI=1S/C31H35N2.C21H19N2.C18H17N2.C17H15N2.C15H17N3.C15H15NO.C11H13NS/c1-20(2)17-23-12-10-13-24(18-21(3)4)30(23)28-19-32(6)31-29-22(5)11-9-15-26(29)25-14-7-8-16-27(25)33(28)31;1-16-10-6-7-13-18(16)21-22(2)19-14-8-9-15-20(19)23(21)17-11-4-3-5-12-17;1-12-7-6-9-15-14-8-4-5-10-16(14)20-11-13(2)19(3)18(20)17(12)15;1-12-6-5-8-14-13-7-3-4-9-15(13)19-11-10-18(2)17(19)16(12)14;1-11-7-4-5-8-13(11)18-12(2)17(3)15-14(18)9-6-10-16-15;1-11-7-3-4-8-13(11)16-12(2)17-15-10-6-5-9-14(15)16;1-9-5-3-4-6-11(9)12-7-8-13-10(12)2/h7-16,19-21H,17-18H2,1-6H3;3-15H,1-2H3;4-11H,1-3H3;3-11H,1-2H3;4-10,12H,1-3H3;3-10,12H,1-2H3;3-8,10H,1-2H3/q4*+1;;;/t;;;;2*12-;10-/m....011/s1. The average molecular weight is 1900 g/mol. The van der Waals surface area contributed by atoms with Crippen molar-refractivity contribution in [2.75, 3.05) is 26.6 Å². The molecule has 15 heteroatoms. The summed E-state index contributed by atoms with van der Waals surface area (Å²) < 4.78 is 24.4. The Morgan fingerprint density at radius 3 is 1.48 bits per heavy atom. The first-order valence-electron chi connectivity index (χ1n) is 50.2. The maximum absolute atomic E-state index is 5.85. The molecule has 0 saturated heterocycles. The van der Waals surface area contributed by atoms with E-state index in [9.17, 15) is 0 Å². The number of aryl methyl sites for hydroxylation is 12. The predicted molar refractivity (Wildman–Crippen MR) is 602 cm³/mol. The average Bonchev–Trinajstić information content (AvgIpc) is 1.61. The normalized spacial score (nSPS) is 14.1. The molecule has 0 radical (unpaired) electrons. The Hall–Kier alpha value is -15.6.